The molecule has 2 aliphatic heterocycles. The summed E-state index contributed by atoms with van der Waals surface area (Å²) in [5.41, 5.74) is 3.68. The van der Waals surface area contributed by atoms with Crippen LogP contribution < -0.4 is 4.90 Å². The summed E-state index contributed by atoms with van der Waals surface area (Å²) in [4.78, 5) is 2.62. The van der Waals surface area contributed by atoms with E-state index in [2.05, 4.69) is 46.0 Å². The molecular weight excluding hydrogens is 238 g/mol. The summed E-state index contributed by atoms with van der Waals surface area (Å²) in [6.45, 7) is 3.71. The molecule has 72 valence electrons. The van der Waals surface area contributed by atoms with Crippen LogP contribution in [0.3, 0.4) is 0 Å². The van der Waals surface area contributed by atoms with Gasteiger partial charge < -0.3 is 4.90 Å². The highest BCUT2D eigenvalue weighted by Crippen LogP contribution is 2.74. The third-order valence-electron chi connectivity index (χ3n) is 4.47. The second-order valence-corrected chi connectivity index (χ2v) is 5.90. The van der Waals surface area contributed by atoms with Crippen LogP contribution >= 0.6 is 15.9 Å². The molecule has 3 atom stereocenters. The normalized spacial score (nSPS) is 41.1. The van der Waals surface area contributed by atoms with Gasteiger partial charge in [0.2, 0.25) is 0 Å². The van der Waals surface area contributed by atoms with E-state index in [4.69, 9.17) is 0 Å². The molecule has 1 aliphatic carbocycles. The highest BCUT2D eigenvalue weighted by atomic mass is 79.9. The number of anilines is 1. The molecule has 2 fully saturated rings. The number of hydrogen-bond donors (Lipinski definition) is 0. The Morgan fingerprint density at radius 2 is 2.36 bits per heavy atom. The standard InChI is InChI=1S/C12H12BrN/c1-12-5-6-14-8-4-2-3-7(13)9(8)10(12)11(12)14/h2-4,10-11H,5-6H2,1H3/t10-,11+,12-/m0/s1. The minimum Gasteiger partial charge on any atom is -0.367 e. The van der Waals surface area contributed by atoms with Crippen molar-refractivity contribution in [3.05, 3.63) is 28.2 Å². The van der Waals surface area contributed by atoms with E-state index in [1.807, 2.05) is 0 Å². The van der Waals surface area contributed by atoms with Crippen molar-refractivity contribution in [2.75, 3.05) is 11.4 Å². The van der Waals surface area contributed by atoms with Crippen molar-refractivity contribution < 1.29 is 0 Å². The third kappa shape index (κ3) is 0.612. The van der Waals surface area contributed by atoms with Gasteiger partial charge in [-0.15, -0.1) is 0 Å². The minimum absolute atomic E-state index is 0.608. The van der Waals surface area contributed by atoms with E-state index in [-0.39, 0.29) is 0 Å². The first-order valence-corrected chi connectivity index (χ1v) is 6.08. The Morgan fingerprint density at radius 1 is 1.50 bits per heavy atom. The predicted octanol–water partition coefficient (Wildman–Crippen LogP) is 3.14. The van der Waals surface area contributed by atoms with Gasteiger partial charge in [-0.25, -0.2) is 0 Å². The van der Waals surface area contributed by atoms with E-state index >= 15 is 0 Å². The maximum absolute atomic E-state index is 3.69. The second-order valence-electron chi connectivity index (χ2n) is 5.04. The Hall–Kier alpha value is -0.500. The van der Waals surface area contributed by atoms with Crippen molar-refractivity contribution in [2.24, 2.45) is 5.41 Å². The Morgan fingerprint density at radius 3 is 3.21 bits per heavy atom. The monoisotopic (exact) mass is 249 g/mol. The van der Waals surface area contributed by atoms with Gasteiger partial charge in [0.15, 0.2) is 0 Å². The summed E-state index contributed by atoms with van der Waals surface area (Å²) in [7, 11) is 0. The molecule has 0 unspecified atom stereocenters. The van der Waals surface area contributed by atoms with E-state index in [9.17, 15) is 0 Å². The van der Waals surface area contributed by atoms with Crippen LogP contribution in [-0.2, 0) is 0 Å². The van der Waals surface area contributed by atoms with Gasteiger partial charge in [0.1, 0.15) is 0 Å². The molecule has 1 nitrogen and oxygen atoms in total. The van der Waals surface area contributed by atoms with Crippen molar-refractivity contribution in [1.29, 1.82) is 0 Å². The number of halogens is 1. The largest absolute Gasteiger partial charge is 0.367 e. The first kappa shape index (κ1) is 7.75. The Kier molecular flexibility index (Phi) is 1.13. The van der Waals surface area contributed by atoms with Crippen LogP contribution in [0.4, 0.5) is 5.69 Å². The fraction of sp³-hybridized carbons (Fsp3) is 0.500. The molecule has 3 aliphatic rings. The highest BCUT2D eigenvalue weighted by molar-refractivity contribution is 9.10. The molecule has 14 heavy (non-hydrogen) atoms. The maximum atomic E-state index is 3.69. The summed E-state index contributed by atoms with van der Waals surface area (Å²) in [6, 6.07) is 7.45. The zero-order chi connectivity index (χ0) is 9.50. The van der Waals surface area contributed by atoms with Crippen LogP contribution in [-0.4, -0.2) is 12.6 Å². The lowest BCUT2D eigenvalue weighted by atomic mass is 9.98. The quantitative estimate of drug-likeness (QED) is 0.683. The van der Waals surface area contributed by atoms with E-state index in [1.54, 1.807) is 5.56 Å². The van der Waals surface area contributed by atoms with Crippen LogP contribution in [0, 0.1) is 5.41 Å². The van der Waals surface area contributed by atoms with Gasteiger partial charge in [-0.3, -0.25) is 0 Å². The first-order valence-electron chi connectivity index (χ1n) is 5.28. The number of rotatable bonds is 0. The van der Waals surface area contributed by atoms with Crippen molar-refractivity contribution in [2.45, 2.75) is 25.3 Å². The summed E-state index contributed by atoms with van der Waals surface area (Å²) < 4.78 is 1.32. The fourth-order valence-corrected chi connectivity index (χ4v) is 4.32. The van der Waals surface area contributed by atoms with Gasteiger partial charge in [0, 0.05) is 28.7 Å². The molecule has 0 radical (unpaired) electrons. The molecule has 0 spiro atoms. The molecule has 0 amide bonds. The lowest BCUT2D eigenvalue weighted by Gasteiger charge is -2.17. The smallest absolute Gasteiger partial charge is 0.0426 e. The molecule has 0 bridgehead atoms. The molecule has 2 heteroatoms. The van der Waals surface area contributed by atoms with Crippen LogP contribution in [0.25, 0.3) is 0 Å². The van der Waals surface area contributed by atoms with Crippen LogP contribution in [0.2, 0.25) is 0 Å². The number of benzene rings is 1. The van der Waals surface area contributed by atoms with Gasteiger partial charge in [-0.1, -0.05) is 28.9 Å². The van der Waals surface area contributed by atoms with Crippen molar-refractivity contribution in [1.82, 2.24) is 0 Å². The number of nitrogens with zero attached hydrogens (tertiary/aromatic N) is 1. The Labute approximate surface area is 92.2 Å². The molecule has 0 aromatic heterocycles. The zero-order valence-corrected chi connectivity index (χ0v) is 9.71. The van der Waals surface area contributed by atoms with Crippen molar-refractivity contribution >= 4 is 21.6 Å². The third-order valence-corrected chi connectivity index (χ3v) is 5.16. The van der Waals surface area contributed by atoms with Gasteiger partial charge in [-0.05, 0) is 29.5 Å². The molecule has 4 rings (SSSR count). The predicted molar refractivity (Wildman–Crippen MR) is 60.7 cm³/mol. The van der Waals surface area contributed by atoms with E-state index in [0.717, 1.165) is 12.0 Å². The van der Waals surface area contributed by atoms with E-state index in [0.29, 0.717) is 5.41 Å². The molecule has 0 N–H and O–H groups in total. The summed E-state index contributed by atoms with van der Waals surface area (Å²) >= 11 is 3.69. The summed E-state index contributed by atoms with van der Waals surface area (Å²) in [5.74, 6) is 0.821. The Bertz CT molecular complexity index is 442. The average molecular weight is 250 g/mol. The number of fused-ring (bicyclic) bond motifs is 4. The summed E-state index contributed by atoms with van der Waals surface area (Å²) in [5, 5.41) is 0. The maximum Gasteiger partial charge on any atom is 0.0426 e. The van der Waals surface area contributed by atoms with Gasteiger partial charge in [0.05, 0.1) is 0 Å². The van der Waals surface area contributed by atoms with Gasteiger partial charge in [-0.2, -0.15) is 0 Å². The topological polar surface area (TPSA) is 3.24 Å². The average Bonchev–Trinajstić information content (AvgIpc) is 2.53. The lowest BCUT2D eigenvalue weighted by Crippen LogP contribution is -2.19. The van der Waals surface area contributed by atoms with E-state index in [1.165, 1.54) is 23.1 Å². The Balaban J connectivity index is 2.01. The van der Waals surface area contributed by atoms with Gasteiger partial charge >= 0.3 is 0 Å². The van der Waals surface area contributed by atoms with E-state index < -0.39 is 0 Å². The fourth-order valence-electron chi connectivity index (χ4n) is 3.72. The van der Waals surface area contributed by atoms with Crippen LogP contribution in [0.15, 0.2) is 22.7 Å². The van der Waals surface area contributed by atoms with Crippen LogP contribution in [0.5, 0.6) is 0 Å². The van der Waals surface area contributed by atoms with Gasteiger partial charge in [0.25, 0.3) is 0 Å². The SMILES string of the molecule is C[C@]12CCN3c4cccc(Br)c4[C@H]1[C@@H]32. The molecular formula is C12H12BrN. The molecule has 1 saturated heterocycles. The number of hydrogen-bond acceptors (Lipinski definition) is 1. The molecule has 2 heterocycles. The first-order chi connectivity index (χ1) is 6.73. The zero-order valence-electron chi connectivity index (χ0n) is 8.13. The highest BCUT2D eigenvalue weighted by Gasteiger charge is 2.72. The lowest BCUT2D eigenvalue weighted by molar-refractivity contribution is 0.548. The molecule has 1 saturated carbocycles. The molecule has 1 aromatic rings. The summed E-state index contributed by atoms with van der Waals surface area (Å²) in [6.07, 6.45) is 1.38. The second kappa shape index (κ2) is 2.04. The van der Waals surface area contributed by atoms with Crippen molar-refractivity contribution in [3.8, 4) is 0 Å². The molecule has 1 aromatic carbocycles. The van der Waals surface area contributed by atoms with Crippen molar-refractivity contribution in [3.63, 3.8) is 0 Å². The minimum atomic E-state index is 0.608. The van der Waals surface area contributed by atoms with Crippen LogP contribution in [0.1, 0.15) is 24.8 Å². The number of piperidine rings is 1.